The number of fused-ring (bicyclic) bond motifs is 2. The zero-order chi connectivity index (χ0) is 20.9. The molecule has 6 nitrogen and oxygen atoms in total. The van der Waals surface area contributed by atoms with E-state index in [1.54, 1.807) is 6.07 Å². The Kier molecular flexibility index (Phi) is 5.07. The third-order valence-electron chi connectivity index (χ3n) is 5.28. The molecular weight excluding hydrogens is 451 g/mol. The largest absolute Gasteiger partial charge is 0.486 e. The molecule has 3 aliphatic heterocycles. The van der Waals surface area contributed by atoms with Gasteiger partial charge in [-0.1, -0.05) is 29.4 Å². The molecule has 158 valence electrons. The number of nitrogens with zero attached hydrogens (tertiary/aromatic N) is 2. The molecule has 0 spiro atoms. The Bertz CT molecular complexity index is 1140. The molecule has 3 aliphatic rings. The zero-order valence-electron chi connectivity index (χ0n) is 15.8. The molecule has 2 atom stereocenters. The van der Waals surface area contributed by atoms with Crippen molar-refractivity contribution in [1.82, 2.24) is 0 Å². The van der Waals surface area contributed by atoms with Crippen LogP contribution >= 0.6 is 23.4 Å². The number of anilines is 1. The summed E-state index contributed by atoms with van der Waals surface area (Å²) in [7, 11) is -3.14. The van der Waals surface area contributed by atoms with Gasteiger partial charge in [-0.15, -0.1) is 0 Å². The Morgan fingerprint density at radius 2 is 1.93 bits per heavy atom. The van der Waals surface area contributed by atoms with E-state index >= 15 is 0 Å². The molecule has 0 aromatic heterocycles. The molecule has 0 bridgehead atoms. The Morgan fingerprint density at radius 3 is 2.73 bits per heavy atom. The van der Waals surface area contributed by atoms with E-state index < -0.39 is 9.84 Å². The van der Waals surface area contributed by atoms with E-state index in [1.807, 2.05) is 23.1 Å². The number of halogens is 2. The standard InChI is InChI=1S/C20H18ClFN2O4S2/c21-15-7-13(22)2-1-12(15)9-29-20-23-16-10-30(25,26)11-17(16)24(20)14-3-4-18-19(8-14)28-6-5-27-18/h1-4,7-8,16-17H,5-6,9-11H2. The summed E-state index contributed by atoms with van der Waals surface area (Å²) in [6, 6.07) is 9.33. The van der Waals surface area contributed by atoms with Crippen molar-refractivity contribution in [2.24, 2.45) is 4.99 Å². The molecule has 0 N–H and O–H groups in total. The summed E-state index contributed by atoms with van der Waals surface area (Å²) in [5, 5.41) is 1.08. The first-order valence-electron chi connectivity index (χ1n) is 9.43. The van der Waals surface area contributed by atoms with E-state index in [1.165, 1.54) is 23.9 Å². The van der Waals surface area contributed by atoms with Crippen LogP contribution in [-0.4, -0.2) is 50.4 Å². The lowest BCUT2D eigenvalue weighted by molar-refractivity contribution is 0.171. The lowest BCUT2D eigenvalue weighted by Gasteiger charge is -2.28. The maximum absolute atomic E-state index is 13.3. The minimum absolute atomic E-state index is 0.0417. The molecule has 1 saturated heterocycles. The Hall–Kier alpha value is -1.97. The Balaban J connectivity index is 1.45. The van der Waals surface area contributed by atoms with Gasteiger partial charge in [0, 0.05) is 22.5 Å². The highest BCUT2D eigenvalue weighted by Crippen LogP contribution is 2.40. The molecule has 2 unspecified atom stereocenters. The monoisotopic (exact) mass is 468 g/mol. The third kappa shape index (κ3) is 3.74. The van der Waals surface area contributed by atoms with Crippen LogP contribution in [0, 0.1) is 5.82 Å². The molecule has 0 radical (unpaired) electrons. The predicted octanol–water partition coefficient (Wildman–Crippen LogP) is 3.53. The summed E-state index contributed by atoms with van der Waals surface area (Å²) < 4.78 is 49.1. The molecule has 10 heteroatoms. The van der Waals surface area contributed by atoms with Crippen molar-refractivity contribution in [3.63, 3.8) is 0 Å². The van der Waals surface area contributed by atoms with E-state index in [9.17, 15) is 12.8 Å². The maximum Gasteiger partial charge on any atom is 0.164 e. The average Bonchev–Trinajstić information content (AvgIpc) is 3.18. The molecule has 30 heavy (non-hydrogen) atoms. The van der Waals surface area contributed by atoms with Gasteiger partial charge in [-0.2, -0.15) is 0 Å². The average molecular weight is 469 g/mol. The molecule has 1 fully saturated rings. The van der Waals surface area contributed by atoms with Crippen molar-refractivity contribution in [2.45, 2.75) is 17.8 Å². The van der Waals surface area contributed by atoms with Crippen molar-refractivity contribution >= 4 is 44.1 Å². The van der Waals surface area contributed by atoms with Crippen LogP contribution in [0.15, 0.2) is 41.4 Å². The fourth-order valence-corrected chi connectivity index (χ4v) is 7.18. The van der Waals surface area contributed by atoms with E-state index in [-0.39, 0.29) is 29.4 Å². The van der Waals surface area contributed by atoms with Crippen LogP contribution in [0.25, 0.3) is 0 Å². The van der Waals surface area contributed by atoms with Crippen molar-refractivity contribution in [2.75, 3.05) is 29.6 Å². The van der Waals surface area contributed by atoms with Crippen molar-refractivity contribution in [3.8, 4) is 11.5 Å². The fourth-order valence-electron chi connectivity index (χ4n) is 3.90. The molecule has 0 saturated carbocycles. The molecule has 3 heterocycles. The quantitative estimate of drug-likeness (QED) is 0.686. The van der Waals surface area contributed by atoms with Gasteiger partial charge in [0.1, 0.15) is 19.0 Å². The van der Waals surface area contributed by atoms with E-state index in [0.29, 0.717) is 35.5 Å². The highest BCUT2D eigenvalue weighted by Gasteiger charge is 2.47. The summed E-state index contributed by atoms with van der Waals surface area (Å²) in [4.78, 5) is 6.68. The number of ether oxygens (including phenoxy) is 2. The summed E-state index contributed by atoms with van der Waals surface area (Å²) in [6.45, 7) is 0.968. The van der Waals surface area contributed by atoms with Gasteiger partial charge in [-0.25, -0.2) is 12.8 Å². The number of hydrogen-bond acceptors (Lipinski definition) is 7. The van der Waals surface area contributed by atoms with Gasteiger partial charge in [0.15, 0.2) is 26.5 Å². The molecule has 2 aromatic carbocycles. The minimum Gasteiger partial charge on any atom is -0.486 e. The van der Waals surface area contributed by atoms with E-state index in [4.69, 9.17) is 26.1 Å². The zero-order valence-corrected chi connectivity index (χ0v) is 18.1. The van der Waals surface area contributed by atoms with E-state index in [0.717, 1.165) is 16.4 Å². The van der Waals surface area contributed by atoms with Crippen molar-refractivity contribution in [1.29, 1.82) is 0 Å². The van der Waals surface area contributed by atoms with Crippen LogP contribution in [0.5, 0.6) is 11.5 Å². The first kappa shape index (κ1) is 20.0. The topological polar surface area (TPSA) is 68.2 Å². The number of sulfone groups is 1. The van der Waals surface area contributed by atoms with Gasteiger partial charge < -0.3 is 14.4 Å². The van der Waals surface area contributed by atoms with Crippen LogP contribution in [0.2, 0.25) is 5.02 Å². The number of hydrogen-bond donors (Lipinski definition) is 0. The van der Waals surface area contributed by atoms with Gasteiger partial charge in [0.25, 0.3) is 0 Å². The lowest BCUT2D eigenvalue weighted by Crippen LogP contribution is -2.39. The maximum atomic E-state index is 13.3. The van der Waals surface area contributed by atoms with Gasteiger partial charge in [-0.05, 0) is 29.8 Å². The van der Waals surface area contributed by atoms with Gasteiger partial charge in [-0.3, -0.25) is 4.99 Å². The second kappa shape index (κ2) is 7.62. The number of rotatable bonds is 3. The number of thioether (sulfide) groups is 1. The summed E-state index contributed by atoms with van der Waals surface area (Å²) in [6.07, 6.45) is 0. The van der Waals surface area contributed by atoms with Gasteiger partial charge in [0.2, 0.25) is 0 Å². The van der Waals surface area contributed by atoms with Crippen LogP contribution < -0.4 is 14.4 Å². The predicted molar refractivity (Wildman–Crippen MR) is 116 cm³/mol. The minimum atomic E-state index is -3.14. The number of benzene rings is 2. The van der Waals surface area contributed by atoms with Crippen LogP contribution in [0.1, 0.15) is 5.56 Å². The molecular formula is C20H18ClFN2O4S2. The first-order chi connectivity index (χ1) is 14.4. The van der Waals surface area contributed by atoms with Crippen molar-refractivity contribution < 1.29 is 22.3 Å². The lowest BCUT2D eigenvalue weighted by atomic mass is 10.1. The van der Waals surface area contributed by atoms with Crippen LogP contribution in [0.4, 0.5) is 10.1 Å². The van der Waals surface area contributed by atoms with Crippen LogP contribution in [-0.2, 0) is 15.6 Å². The molecule has 5 rings (SSSR count). The highest BCUT2D eigenvalue weighted by atomic mass is 35.5. The number of aliphatic imine (C=N–C) groups is 1. The highest BCUT2D eigenvalue weighted by molar-refractivity contribution is 8.13. The summed E-state index contributed by atoms with van der Waals surface area (Å²) >= 11 is 7.62. The summed E-state index contributed by atoms with van der Waals surface area (Å²) in [5.41, 5.74) is 1.60. The first-order valence-corrected chi connectivity index (χ1v) is 12.6. The second-order valence-corrected chi connectivity index (χ2v) is 10.8. The van der Waals surface area contributed by atoms with E-state index in [2.05, 4.69) is 0 Å². The SMILES string of the molecule is O=S1(=O)CC2N=C(SCc3ccc(F)cc3Cl)N(c3ccc4c(c3)OCCO4)C2C1. The van der Waals surface area contributed by atoms with Gasteiger partial charge >= 0.3 is 0 Å². The normalized spacial score (nSPS) is 23.9. The van der Waals surface area contributed by atoms with Gasteiger partial charge in [0.05, 0.1) is 23.6 Å². The Morgan fingerprint density at radius 1 is 1.13 bits per heavy atom. The smallest absolute Gasteiger partial charge is 0.164 e. The molecule has 0 aliphatic carbocycles. The molecule has 0 amide bonds. The molecule has 2 aromatic rings. The number of amidine groups is 1. The fraction of sp³-hybridized carbons (Fsp3) is 0.350. The third-order valence-corrected chi connectivity index (χ3v) is 8.35. The second-order valence-electron chi connectivity index (χ2n) is 7.35. The van der Waals surface area contributed by atoms with Crippen molar-refractivity contribution in [3.05, 3.63) is 52.8 Å². The summed E-state index contributed by atoms with van der Waals surface area (Å²) in [5.74, 6) is 1.50. The Labute approximate surface area is 182 Å². The van der Waals surface area contributed by atoms with Crippen LogP contribution in [0.3, 0.4) is 0 Å².